The lowest BCUT2D eigenvalue weighted by molar-refractivity contribution is -0.438. The summed E-state index contributed by atoms with van der Waals surface area (Å²) >= 11 is 0. The molecule has 0 spiro atoms. The Kier molecular flexibility index (Phi) is 8.54. The molecule has 2 aliphatic heterocycles. The van der Waals surface area contributed by atoms with Gasteiger partial charge in [0.1, 0.15) is 6.54 Å². The molecule has 2 N–H and O–H groups in total. The van der Waals surface area contributed by atoms with Gasteiger partial charge in [0.2, 0.25) is 5.69 Å². The van der Waals surface area contributed by atoms with E-state index in [0.717, 1.165) is 54.3 Å². The van der Waals surface area contributed by atoms with E-state index < -0.39 is 23.4 Å². The van der Waals surface area contributed by atoms with E-state index in [-0.39, 0.29) is 16.8 Å². The summed E-state index contributed by atoms with van der Waals surface area (Å²) in [5, 5.41) is 21.1. The van der Waals surface area contributed by atoms with Crippen LogP contribution in [0.3, 0.4) is 0 Å². The monoisotopic (exact) mass is 583 g/mol. The smallest absolute Gasteiger partial charge is 0.335 e. The Morgan fingerprint density at radius 3 is 2.33 bits per heavy atom. The molecule has 2 unspecified atom stereocenters. The average molecular weight is 584 g/mol. The maximum Gasteiger partial charge on any atom is 0.335 e. The normalized spacial score (nSPS) is 23.6. The molecule has 1 saturated carbocycles. The van der Waals surface area contributed by atoms with Crippen LogP contribution < -0.4 is 4.90 Å². The topological polar surface area (TPSA) is 80.8 Å². The SMILES string of the molecule is CCCCCCCC[N+]1=C(C=C2C(=O)C(C=C3N(CC)c4ccccc4C3(C)C)C2O)C(C)(C)c2cc(C(=O)O)ccc21. The number of Topliss-reactive ketones (excluding diaryl/α,β-unsaturated/α-hetero) is 1. The molecule has 0 aromatic heterocycles. The largest absolute Gasteiger partial charge is 0.478 e. The van der Waals surface area contributed by atoms with Crippen molar-refractivity contribution in [3.63, 3.8) is 0 Å². The van der Waals surface area contributed by atoms with E-state index in [9.17, 15) is 19.8 Å². The second-order valence-corrected chi connectivity index (χ2v) is 13.3. The van der Waals surface area contributed by atoms with Crippen LogP contribution in [0.15, 0.2) is 65.9 Å². The van der Waals surface area contributed by atoms with Gasteiger partial charge in [0.05, 0.1) is 23.0 Å². The number of fused-ring (bicyclic) bond motifs is 2. The minimum atomic E-state index is -0.952. The third kappa shape index (κ3) is 5.28. The minimum Gasteiger partial charge on any atom is -0.478 e. The van der Waals surface area contributed by atoms with E-state index in [1.807, 2.05) is 24.3 Å². The summed E-state index contributed by atoms with van der Waals surface area (Å²) < 4.78 is 2.25. The number of carbonyl (C=O) groups is 2. The number of anilines is 1. The number of aliphatic hydroxyl groups is 1. The summed E-state index contributed by atoms with van der Waals surface area (Å²) in [6.07, 6.45) is 9.98. The zero-order chi connectivity index (χ0) is 31.1. The zero-order valence-corrected chi connectivity index (χ0v) is 26.6. The summed E-state index contributed by atoms with van der Waals surface area (Å²) in [6, 6.07) is 13.7. The van der Waals surface area contributed by atoms with Gasteiger partial charge in [0, 0.05) is 53.0 Å². The number of likely N-dealkylation sites (N-methyl/N-ethyl adjacent to an activating group) is 1. The van der Waals surface area contributed by atoms with Gasteiger partial charge in [0.15, 0.2) is 11.5 Å². The molecule has 5 rings (SSSR count). The van der Waals surface area contributed by atoms with E-state index in [1.165, 1.54) is 31.2 Å². The maximum atomic E-state index is 13.7. The highest BCUT2D eigenvalue weighted by molar-refractivity contribution is 6.14. The van der Waals surface area contributed by atoms with Crippen LogP contribution in [-0.2, 0) is 15.6 Å². The van der Waals surface area contributed by atoms with Crippen molar-refractivity contribution in [2.24, 2.45) is 5.92 Å². The van der Waals surface area contributed by atoms with Gasteiger partial charge >= 0.3 is 5.97 Å². The molecule has 43 heavy (non-hydrogen) atoms. The van der Waals surface area contributed by atoms with Crippen molar-refractivity contribution in [2.75, 3.05) is 18.0 Å². The number of aromatic carboxylic acids is 1. The number of aliphatic hydroxyl groups excluding tert-OH is 1. The summed E-state index contributed by atoms with van der Waals surface area (Å²) in [7, 11) is 0. The van der Waals surface area contributed by atoms with Gasteiger partial charge in [-0.25, -0.2) is 4.79 Å². The minimum absolute atomic E-state index is 0.0483. The fourth-order valence-corrected chi connectivity index (χ4v) is 7.26. The number of para-hydroxylation sites is 1. The van der Waals surface area contributed by atoms with Gasteiger partial charge in [0.25, 0.3) is 0 Å². The Hall–Kier alpha value is -3.51. The highest BCUT2D eigenvalue weighted by Gasteiger charge is 2.50. The molecule has 228 valence electrons. The van der Waals surface area contributed by atoms with Crippen molar-refractivity contribution in [2.45, 2.75) is 97.0 Å². The van der Waals surface area contributed by atoms with Gasteiger partial charge in [-0.3, -0.25) is 4.79 Å². The number of unbranched alkanes of at least 4 members (excludes halogenated alkanes) is 5. The van der Waals surface area contributed by atoms with Crippen LogP contribution in [-0.4, -0.2) is 51.4 Å². The van der Waals surface area contributed by atoms with E-state index in [4.69, 9.17) is 0 Å². The second-order valence-electron chi connectivity index (χ2n) is 13.3. The maximum absolute atomic E-state index is 13.7. The van der Waals surface area contributed by atoms with Crippen molar-refractivity contribution in [1.29, 1.82) is 0 Å². The van der Waals surface area contributed by atoms with Crippen LogP contribution in [0.25, 0.3) is 0 Å². The van der Waals surface area contributed by atoms with Crippen LogP contribution in [0, 0.1) is 5.92 Å². The van der Waals surface area contributed by atoms with Crippen LogP contribution in [0.4, 0.5) is 11.4 Å². The number of nitrogens with zero attached hydrogens (tertiary/aromatic N) is 2. The fourth-order valence-electron chi connectivity index (χ4n) is 7.26. The lowest BCUT2D eigenvalue weighted by Crippen LogP contribution is -2.46. The van der Waals surface area contributed by atoms with Gasteiger partial charge in [-0.1, -0.05) is 70.7 Å². The molecule has 1 aliphatic carbocycles. The van der Waals surface area contributed by atoms with E-state index in [1.54, 1.807) is 12.1 Å². The summed E-state index contributed by atoms with van der Waals surface area (Å²) in [5.74, 6) is -1.60. The summed E-state index contributed by atoms with van der Waals surface area (Å²) in [4.78, 5) is 27.8. The summed E-state index contributed by atoms with van der Waals surface area (Å²) in [5.41, 5.74) is 6.20. The molecule has 0 saturated heterocycles. The predicted octanol–water partition coefficient (Wildman–Crippen LogP) is 7.31. The molecular formula is C37H47N2O4+. The van der Waals surface area contributed by atoms with E-state index >= 15 is 0 Å². The molecule has 2 aromatic rings. The first-order chi connectivity index (χ1) is 20.4. The molecule has 2 atom stereocenters. The third-order valence-corrected chi connectivity index (χ3v) is 9.87. The fraction of sp³-hybridized carbons (Fsp3) is 0.486. The zero-order valence-electron chi connectivity index (χ0n) is 26.6. The number of rotatable bonds is 11. The number of ketones is 1. The Morgan fingerprint density at radius 2 is 1.65 bits per heavy atom. The molecule has 2 aromatic carbocycles. The van der Waals surface area contributed by atoms with Crippen molar-refractivity contribution < 1.29 is 24.4 Å². The molecule has 0 amide bonds. The molecule has 6 heteroatoms. The average Bonchev–Trinajstić information content (AvgIpc) is 3.33. The Morgan fingerprint density at radius 1 is 0.953 bits per heavy atom. The van der Waals surface area contributed by atoms with Gasteiger partial charge in [-0.05, 0) is 51.0 Å². The van der Waals surface area contributed by atoms with Gasteiger partial charge in [-0.2, -0.15) is 4.58 Å². The molecular weight excluding hydrogens is 536 g/mol. The van der Waals surface area contributed by atoms with E-state index in [0.29, 0.717) is 5.57 Å². The van der Waals surface area contributed by atoms with Crippen molar-refractivity contribution in [1.82, 2.24) is 0 Å². The quantitative estimate of drug-likeness (QED) is 0.165. The molecule has 0 radical (unpaired) electrons. The van der Waals surface area contributed by atoms with E-state index in [2.05, 4.69) is 69.2 Å². The molecule has 3 aliphatic rings. The van der Waals surface area contributed by atoms with Crippen molar-refractivity contribution in [3.05, 3.63) is 82.6 Å². The number of carbonyl (C=O) groups excluding carboxylic acids is 1. The standard InChI is InChI=1S/C37H46N2O4/c1-7-9-10-11-12-15-20-39-30-19-18-24(35(42)43)21-28(30)37(5,6)32(39)23-26-33(40)25(34(26)41)22-31-36(3,4)27-16-13-14-17-29(27)38(31)8-2/h13-14,16-19,21-23,25,33,40H,7-12,15,20H2,1-6H3/p+1. The third-order valence-electron chi connectivity index (χ3n) is 9.87. The first kappa shape index (κ1) is 30.9. The van der Waals surface area contributed by atoms with Crippen LogP contribution in [0.1, 0.15) is 102 Å². The lowest BCUT2D eigenvalue weighted by atomic mass is 9.71. The number of hydrogen-bond donors (Lipinski definition) is 2. The molecule has 2 heterocycles. The van der Waals surface area contributed by atoms with Gasteiger partial charge < -0.3 is 15.1 Å². The lowest BCUT2D eigenvalue weighted by Gasteiger charge is -2.35. The number of hydrogen-bond acceptors (Lipinski definition) is 4. The van der Waals surface area contributed by atoms with Crippen LogP contribution >= 0.6 is 0 Å². The van der Waals surface area contributed by atoms with Gasteiger partial charge in [-0.15, -0.1) is 0 Å². The Balaban J connectivity index is 1.47. The first-order valence-electron chi connectivity index (χ1n) is 16.0. The van der Waals surface area contributed by atoms with Crippen LogP contribution in [0.2, 0.25) is 0 Å². The molecule has 0 bridgehead atoms. The number of carboxylic acids is 1. The number of benzene rings is 2. The van der Waals surface area contributed by atoms with Crippen LogP contribution in [0.5, 0.6) is 0 Å². The number of allylic oxidation sites excluding steroid dienone is 2. The second kappa shape index (κ2) is 11.9. The van der Waals surface area contributed by atoms with Crippen molar-refractivity contribution >= 4 is 28.8 Å². The first-order valence-corrected chi connectivity index (χ1v) is 16.0. The molecule has 1 fully saturated rings. The highest BCUT2D eigenvalue weighted by atomic mass is 16.4. The van der Waals surface area contributed by atoms with Crippen molar-refractivity contribution in [3.8, 4) is 0 Å². The predicted molar refractivity (Wildman–Crippen MR) is 173 cm³/mol. The highest BCUT2D eigenvalue weighted by Crippen LogP contribution is 2.49. The Labute approximate surface area is 256 Å². The Bertz CT molecular complexity index is 1530. The molecule has 6 nitrogen and oxygen atoms in total. The number of carboxylic acid groups (broad SMARTS) is 1. The summed E-state index contributed by atoms with van der Waals surface area (Å²) in [6.45, 7) is 14.4.